The summed E-state index contributed by atoms with van der Waals surface area (Å²) in [6.07, 6.45) is 1.67. The zero-order valence-electron chi connectivity index (χ0n) is 16.1. The number of fused-ring (bicyclic) bond motifs is 1. The fraction of sp³-hybridized carbons (Fsp3) is 0.227. The molecule has 0 aliphatic heterocycles. The van der Waals surface area contributed by atoms with Crippen LogP contribution in [-0.4, -0.2) is 23.8 Å². The Bertz CT molecular complexity index is 1020. The maximum absolute atomic E-state index is 11.6. The molecular weight excluding hydrogens is 356 g/mol. The minimum absolute atomic E-state index is 0.139. The van der Waals surface area contributed by atoms with Crippen LogP contribution in [0.4, 0.5) is 0 Å². The molecule has 0 fully saturated rings. The van der Waals surface area contributed by atoms with Crippen molar-refractivity contribution in [2.24, 2.45) is 0 Å². The summed E-state index contributed by atoms with van der Waals surface area (Å²) in [5.74, 6) is 0.196. The second-order valence-electron chi connectivity index (χ2n) is 6.40. The molecule has 0 atom stereocenters. The Kier molecular flexibility index (Phi) is 5.89. The number of ketones is 1. The minimum Gasteiger partial charge on any atom is -0.496 e. The van der Waals surface area contributed by atoms with Crippen molar-refractivity contribution in [3.63, 3.8) is 0 Å². The smallest absolute Gasteiger partial charge is 0.287 e. The Morgan fingerprint density at radius 1 is 1.11 bits per heavy atom. The monoisotopic (exact) mass is 378 g/mol. The van der Waals surface area contributed by atoms with E-state index in [0.717, 1.165) is 21.9 Å². The summed E-state index contributed by atoms with van der Waals surface area (Å²) in [4.78, 5) is 27.2. The van der Waals surface area contributed by atoms with E-state index < -0.39 is 11.7 Å². The van der Waals surface area contributed by atoms with Gasteiger partial charge in [-0.25, -0.2) is 0 Å². The van der Waals surface area contributed by atoms with Crippen LogP contribution in [0.1, 0.15) is 23.7 Å². The fourth-order valence-electron chi connectivity index (χ4n) is 2.99. The van der Waals surface area contributed by atoms with Crippen LogP contribution in [0, 0.1) is 6.92 Å². The number of benzene rings is 2. The molecular formula is C22H22N2O4. The van der Waals surface area contributed by atoms with Crippen molar-refractivity contribution in [3.05, 3.63) is 65.5 Å². The van der Waals surface area contributed by atoms with E-state index in [1.54, 1.807) is 13.3 Å². The molecule has 1 aromatic heterocycles. The van der Waals surface area contributed by atoms with Crippen molar-refractivity contribution in [2.75, 3.05) is 7.11 Å². The highest BCUT2D eigenvalue weighted by molar-refractivity contribution is 6.35. The van der Waals surface area contributed by atoms with Crippen LogP contribution in [0.25, 0.3) is 10.8 Å². The highest BCUT2D eigenvalue weighted by atomic mass is 16.5. The zero-order valence-corrected chi connectivity index (χ0v) is 16.1. The topological polar surface area (TPSA) is 77.5 Å². The molecule has 1 heterocycles. The maximum Gasteiger partial charge on any atom is 0.287 e. The van der Waals surface area contributed by atoms with E-state index in [-0.39, 0.29) is 6.54 Å². The predicted octanol–water partition coefficient (Wildman–Crippen LogP) is 3.34. The summed E-state index contributed by atoms with van der Waals surface area (Å²) in [6.45, 7) is 3.73. The number of amides is 1. The van der Waals surface area contributed by atoms with Crippen LogP contribution in [0.2, 0.25) is 0 Å². The number of hydrogen-bond donors (Lipinski definition) is 1. The number of carbonyl (C=O) groups excluding carboxylic acids is 2. The third-order valence-corrected chi connectivity index (χ3v) is 4.48. The third-order valence-electron chi connectivity index (χ3n) is 4.48. The van der Waals surface area contributed by atoms with Crippen LogP contribution in [-0.2, 0) is 22.7 Å². The Balaban J connectivity index is 1.99. The first kappa shape index (κ1) is 19.4. The number of carbonyl (C=O) groups is 2. The van der Waals surface area contributed by atoms with Crippen molar-refractivity contribution in [3.8, 4) is 11.5 Å². The number of pyridine rings is 1. The number of aromatic nitrogens is 1. The number of nitrogens with one attached hydrogen (secondary N) is 1. The molecule has 0 spiro atoms. The van der Waals surface area contributed by atoms with Gasteiger partial charge in [0, 0.05) is 29.5 Å². The van der Waals surface area contributed by atoms with Gasteiger partial charge in [-0.3, -0.25) is 14.6 Å². The summed E-state index contributed by atoms with van der Waals surface area (Å²) in [6, 6.07) is 13.7. The van der Waals surface area contributed by atoms with E-state index in [1.807, 2.05) is 49.4 Å². The van der Waals surface area contributed by atoms with E-state index in [9.17, 15) is 9.59 Å². The van der Waals surface area contributed by atoms with E-state index >= 15 is 0 Å². The molecule has 6 nitrogen and oxygen atoms in total. The zero-order chi connectivity index (χ0) is 20.1. The van der Waals surface area contributed by atoms with Gasteiger partial charge in [0.2, 0.25) is 5.78 Å². The molecule has 0 aliphatic rings. The van der Waals surface area contributed by atoms with Crippen LogP contribution in [0.5, 0.6) is 11.5 Å². The average Bonchev–Trinajstić information content (AvgIpc) is 2.71. The molecule has 0 radical (unpaired) electrons. The van der Waals surface area contributed by atoms with Crippen LogP contribution < -0.4 is 14.8 Å². The molecule has 3 aromatic rings. The fourth-order valence-corrected chi connectivity index (χ4v) is 2.99. The van der Waals surface area contributed by atoms with Crippen molar-refractivity contribution >= 4 is 22.5 Å². The number of ether oxygens (including phenoxy) is 2. The van der Waals surface area contributed by atoms with E-state index in [0.29, 0.717) is 23.8 Å². The summed E-state index contributed by atoms with van der Waals surface area (Å²) in [5.41, 5.74) is 2.58. The Morgan fingerprint density at radius 2 is 1.86 bits per heavy atom. The summed E-state index contributed by atoms with van der Waals surface area (Å²) < 4.78 is 11.7. The lowest BCUT2D eigenvalue weighted by molar-refractivity contribution is -0.136. The molecule has 3 rings (SSSR count). The van der Waals surface area contributed by atoms with Gasteiger partial charge in [-0.05, 0) is 24.6 Å². The molecule has 2 aromatic carbocycles. The molecule has 1 amide bonds. The summed E-state index contributed by atoms with van der Waals surface area (Å²) in [7, 11) is 1.60. The quantitative estimate of drug-likeness (QED) is 0.638. The largest absolute Gasteiger partial charge is 0.496 e. The first-order valence-corrected chi connectivity index (χ1v) is 8.92. The Hall–Kier alpha value is -3.41. The number of hydrogen-bond acceptors (Lipinski definition) is 5. The van der Waals surface area contributed by atoms with Crippen LogP contribution in [0.3, 0.4) is 0 Å². The van der Waals surface area contributed by atoms with Crippen molar-refractivity contribution < 1.29 is 19.1 Å². The Labute approximate surface area is 163 Å². The highest BCUT2D eigenvalue weighted by Gasteiger charge is 2.16. The van der Waals surface area contributed by atoms with Gasteiger partial charge in [0.05, 0.1) is 19.3 Å². The van der Waals surface area contributed by atoms with Gasteiger partial charge in [-0.15, -0.1) is 0 Å². The van der Waals surface area contributed by atoms with Gasteiger partial charge in [-0.2, -0.15) is 0 Å². The van der Waals surface area contributed by atoms with Crippen molar-refractivity contribution in [1.29, 1.82) is 0 Å². The molecule has 0 saturated heterocycles. The number of methoxy groups -OCH3 is 1. The number of Topliss-reactive ketones (excluding diaryl/α,β-unsaturated/α-hetero) is 1. The molecule has 0 aliphatic carbocycles. The van der Waals surface area contributed by atoms with Gasteiger partial charge in [0.15, 0.2) is 0 Å². The third kappa shape index (κ3) is 4.11. The number of nitrogens with zero attached hydrogens (tertiary/aromatic N) is 1. The van der Waals surface area contributed by atoms with E-state index in [1.165, 1.54) is 6.92 Å². The molecule has 6 heteroatoms. The molecule has 0 bridgehead atoms. The lowest BCUT2D eigenvalue weighted by Crippen LogP contribution is -2.29. The molecule has 144 valence electrons. The maximum atomic E-state index is 11.6. The summed E-state index contributed by atoms with van der Waals surface area (Å²) in [5, 5.41) is 4.26. The van der Waals surface area contributed by atoms with Gasteiger partial charge in [0.1, 0.15) is 18.1 Å². The Morgan fingerprint density at radius 3 is 2.54 bits per heavy atom. The van der Waals surface area contributed by atoms with Gasteiger partial charge >= 0.3 is 0 Å². The van der Waals surface area contributed by atoms with Crippen LogP contribution >= 0.6 is 0 Å². The number of rotatable bonds is 7. The first-order chi connectivity index (χ1) is 13.5. The standard InChI is InChI=1S/C22H22N2O4/c1-14-20(27-3)11-18-17(21(14)28-13-16-7-5-4-6-8-16)9-10-23-19(18)12-24-22(26)15(2)25/h4-11H,12-13H2,1-3H3,(H,24,26). The second-order valence-corrected chi connectivity index (χ2v) is 6.40. The van der Waals surface area contributed by atoms with Gasteiger partial charge < -0.3 is 14.8 Å². The lowest BCUT2D eigenvalue weighted by atomic mass is 10.0. The van der Waals surface area contributed by atoms with Crippen LogP contribution in [0.15, 0.2) is 48.7 Å². The van der Waals surface area contributed by atoms with Crippen molar-refractivity contribution in [2.45, 2.75) is 27.0 Å². The van der Waals surface area contributed by atoms with Gasteiger partial charge in [-0.1, -0.05) is 30.3 Å². The minimum atomic E-state index is -0.640. The van der Waals surface area contributed by atoms with E-state index in [2.05, 4.69) is 10.3 Å². The predicted molar refractivity (Wildman–Crippen MR) is 106 cm³/mol. The average molecular weight is 378 g/mol. The first-order valence-electron chi connectivity index (χ1n) is 8.92. The lowest BCUT2D eigenvalue weighted by Gasteiger charge is -2.17. The highest BCUT2D eigenvalue weighted by Crippen LogP contribution is 2.37. The SMILES string of the molecule is COc1cc2c(CNC(=O)C(C)=O)nccc2c(OCc2ccccc2)c1C. The van der Waals surface area contributed by atoms with E-state index in [4.69, 9.17) is 9.47 Å². The molecule has 1 N–H and O–H groups in total. The second kappa shape index (κ2) is 8.52. The summed E-state index contributed by atoms with van der Waals surface area (Å²) >= 11 is 0. The molecule has 0 saturated carbocycles. The van der Waals surface area contributed by atoms with Gasteiger partial charge in [0.25, 0.3) is 5.91 Å². The van der Waals surface area contributed by atoms with Crippen molar-refractivity contribution in [1.82, 2.24) is 10.3 Å². The normalized spacial score (nSPS) is 10.5. The molecule has 28 heavy (non-hydrogen) atoms. The molecule has 0 unspecified atom stereocenters.